The zero-order valence-electron chi connectivity index (χ0n) is 8.94. The first-order valence-electron chi connectivity index (χ1n) is 5.04. The van der Waals surface area contributed by atoms with Crippen molar-refractivity contribution in [2.75, 3.05) is 18.1 Å². The molecule has 92 valence electrons. The summed E-state index contributed by atoms with van der Waals surface area (Å²) in [5.41, 5.74) is 0. The van der Waals surface area contributed by atoms with E-state index in [4.69, 9.17) is 0 Å². The first kappa shape index (κ1) is 13.5. The van der Waals surface area contributed by atoms with Crippen LogP contribution in [0.3, 0.4) is 0 Å². The average molecular weight is 351 g/mol. The van der Waals surface area contributed by atoms with Gasteiger partial charge in [-0.05, 0) is 22.0 Å². The molecule has 1 aliphatic heterocycles. The number of thiophene rings is 1. The molecule has 1 aliphatic rings. The largest absolute Gasteiger partial charge is 0.350 e. The topological polar surface area (TPSA) is 41.5 Å². The Labute approximate surface area is 121 Å². The number of aliphatic imine (C=N–C) groups is 1. The van der Waals surface area contributed by atoms with E-state index in [1.54, 1.807) is 23.1 Å². The summed E-state index contributed by atoms with van der Waals surface area (Å²) in [4.78, 5) is 17.0. The maximum Gasteiger partial charge on any atom is 0.230 e. The molecule has 0 spiro atoms. The lowest BCUT2D eigenvalue weighted by molar-refractivity contribution is -0.118. The standard InChI is InChI=1S/C10H11BrN2OS3/c11-7-3-8(16-5-7)4-13-9(14)6-17-10-12-1-2-15-10/h3,5H,1-2,4,6H2,(H,13,14). The summed E-state index contributed by atoms with van der Waals surface area (Å²) in [5, 5.41) is 4.92. The fourth-order valence-corrected chi connectivity index (χ4v) is 4.44. The molecular weight excluding hydrogens is 340 g/mol. The van der Waals surface area contributed by atoms with Crippen LogP contribution in [0.25, 0.3) is 0 Å². The van der Waals surface area contributed by atoms with E-state index >= 15 is 0 Å². The van der Waals surface area contributed by atoms with E-state index in [-0.39, 0.29) is 5.91 Å². The Morgan fingerprint density at radius 2 is 2.53 bits per heavy atom. The average Bonchev–Trinajstić information content (AvgIpc) is 2.95. The fourth-order valence-electron chi connectivity index (χ4n) is 1.21. The van der Waals surface area contributed by atoms with Crippen LogP contribution < -0.4 is 5.32 Å². The number of carbonyl (C=O) groups is 1. The zero-order valence-corrected chi connectivity index (χ0v) is 13.0. The highest BCUT2D eigenvalue weighted by Gasteiger charge is 2.10. The Hall–Kier alpha value is 0.0200. The van der Waals surface area contributed by atoms with Crippen LogP contribution in [-0.4, -0.2) is 28.3 Å². The Balaban J connectivity index is 1.67. The van der Waals surface area contributed by atoms with E-state index in [9.17, 15) is 4.79 Å². The molecule has 0 saturated heterocycles. The van der Waals surface area contributed by atoms with Crippen LogP contribution in [-0.2, 0) is 11.3 Å². The maximum atomic E-state index is 11.6. The highest BCUT2D eigenvalue weighted by molar-refractivity contribution is 9.10. The second kappa shape index (κ2) is 6.82. The van der Waals surface area contributed by atoms with Crippen molar-refractivity contribution >= 4 is 61.1 Å². The predicted molar refractivity (Wildman–Crippen MR) is 81.1 cm³/mol. The SMILES string of the molecule is O=C(CSC1=NCCS1)NCc1cc(Br)cs1. The molecule has 0 aromatic carbocycles. The summed E-state index contributed by atoms with van der Waals surface area (Å²) in [7, 11) is 0. The van der Waals surface area contributed by atoms with Crippen molar-refractivity contribution < 1.29 is 4.79 Å². The molecule has 17 heavy (non-hydrogen) atoms. The van der Waals surface area contributed by atoms with Crippen LogP contribution in [0.1, 0.15) is 4.88 Å². The van der Waals surface area contributed by atoms with Crippen LogP contribution in [0.5, 0.6) is 0 Å². The van der Waals surface area contributed by atoms with Gasteiger partial charge in [0, 0.05) is 20.5 Å². The van der Waals surface area contributed by atoms with E-state index in [1.165, 1.54) is 11.8 Å². The summed E-state index contributed by atoms with van der Waals surface area (Å²) in [6.07, 6.45) is 0. The van der Waals surface area contributed by atoms with Gasteiger partial charge in [-0.1, -0.05) is 23.5 Å². The number of hydrogen-bond donors (Lipinski definition) is 1. The van der Waals surface area contributed by atoms with Crippen LogP contribution in [0.2, 0.25) is 0 Å². The molecule has 0 fully saturated rings. The van der Waals surface area contributed by atoms with Crippen LogP contribution >= 0.6 is 50.8 Å². The van der Waals surface area contributed by atoms with Gasteiger partial charge < -0.3 is 5.32 Å². The molecule has 0 radical (unpaired) electrons. The van der Waals surface area contributed by atoms with E-state index in [2.05, 4.69) is 26.2 Å². The van der Waals surface area contributed by atoms with E-state index in [0.29, 0.717) is 12.3 Å². The molecular formula is C10H11BrN2OS3. The number of nitrogens with one attached hydrogen (secondary N) is 1. The first-order chi connectivity index (χ1) is 8.24. The lowest BCUT2D eigenvalue weighted by Gasteiger charge is -2.02. The smallest absolute Gasteiger partial charge is 0.230 e. The van der Waals surface area contributed by atoms with Crippen molar-refractivity contribution in [1.82, 2.24) is 5.32 Å². The van der Waals surface area contributed by atoms with Crippen molar-refractivity contribution in [3.05, 3.63) is 20.8 Å². The van der Waals surface area contributed by atoms with Gasteiger partial charge in [0.25, 0.3) is 0 Å². The molecule has 7 heteroatoms. The van der Waals surface area contributed by atoms with Gasteiger partial charge >= 0.3 is 0 Å². The number of carbonyl (C=O) groups excluding carboxylic acids is 1. The molecule has 3 nitrogen and oxygen atoms in total. The summed E-state index contributed by atoms with van der Waals surface area (Å²) in [5.74, 6) is 1.57. The summed E-state index contributed by atoms with van der Waals surface area (Å²) in [6.45, 7) is 1.49. The molecule has 1 aromatic rings. The Kier molecular flexibility index (Phi) is 5.40. The third-order valence-electron chi connectivity index (χ3n) is 1.97. The van der Waals surface area contributed by atoms with Gasteiger partial charge in [-0.2, -0.15) is 0 Å². The second-order valence-corrected chi connectivity index (χ2v) is 7.51. The summed E-state index contributed by atoms with van der Waals surface area (Å²) >= 11 is 8.29. The molecule has 0 saturated carbocycles. The molecule has 0 atom stereocenters. The zero-order chi connectivity index (χ0) is 12.1. The summed E-state index contributed by atoms with van der Waals surface area (Å²) < 4.78 is 2.11. The lowest BCUT2D eigenvalue weighted by Crippen LogP contribution is -2.24. The Bertz CT molecular complexity index is 433. The molecule has 1 N–H and O–H groups in total. The third-order valence-corrected chi connectivity index (χ3v) is 5.92. The first-order valence-corrected chi connectivity index (χ1v) is 8.68. The molecule has 0 bridgehead atoms. The number of rotatable bonds is 4. The van der Waals surface area contributed by atoms with Crippen LogP contribution in [0, 0.1) is 0 Å². The highest BCUT2D eigenvalue weighted by atomic mass is 79.9. The minimum absolute atomic E-state index is 0.0646. The number of hydrogen-bond acceptors (Lipinski definition) is 5. The molecule has 2 rings (SSSR count). The van der Waals surface area contributed by atoms with Crippen molar-refractivity contribution in [2.45, 2.75) is 6.54 Å². The van der Waals surface area contributed by atoms with Gasteiger partial charge in [-0.25, -0.2) is 0 Å². The minimum Gasteiger partial charge on any atom is -0.350 e. The van der Waals surface area contributed by atoms with Crippen molar-refractivity contribution in [3.8, 4) is 0 Å². The lowest BCUT2D eigenvalue weighted by atomic mass is 10.4. The highest BCUT2D eigenvalue weighted by Crippen LogP contribution is 2.22. The molecule has 0 aliphatic carbocycles. The number of nitrogens with zero attached hydrogens (tertiary/aromatic N) is 1. The monoisotopic (exact) mass is 350 g/mol. The second-order valence-electron chi connectivity index (χ2n) is 3.29. The molecule has 2 heterocycles. The minimum atomic E-state index is 0.0646. The van der Waals surface area contributed by atoms with Gasteiger partial charge in [-0.3, -0.25) is 9.79 Å². The quantitative estimate of drug-likeness (QED) is 0.907. The summed E-state index contributed by atoms with van der Waals surface area (Å²) in [6, 6.07) is 2.02. The van der Waals surface area contributed by atoms with Crippen molar-refractivity contribution in [1.29, 1.82) is 0 Å². The molecule has 0 unspecified atom stereocenters. The number of thioether (sulfide) groups is 2. The predicted octanol–water partition coefficient (Wildman–Crippen LogP) is 2.96. The molecule has 1 aromatic heterocycles. The van der Waals surface area contributed by atoms with Gasteiger partial charge in [0.2, 0.25) is 5.91 Å². The Morgan fingerprint density at radius 1 is 1.65 bits per heavy atom. The fraction of sp³-hybridized carbons (Fsp3) is 0.400. The van der Waals surface area contributed by atoms with E-state index in [0.717, 1.165) is 26.0 Å². The number of halogens is 1. The van der Waals surface area contributed by atoms with Gasteiger partial charge in [0.1, 0.15) is 4.38 Å². The van der Waals surface area contributed by atoms with Gasteiger partial charge in [-0.15, -0.1) is 11.3 Å². The van der Waals surface area contributed by atoms with Gasteiger partial charge in [0.05, 0.1) is 18.8 Å². The normalized spacial score (nSPS) is 14.8. The van der Waals surface area contributed by atoms with Crippen LogP contribution in [0.4, 0.5) is 0 Å². The van der Waals surface area contributed by atoms with Crippen molar-refractivity contribution in [2.24, 2.45) is 4.99 Å². The molecule has 1 amide bonds. The van der Waals surface area contributed by atoms with E-state index in [1.807, 2.05) is 11.4 Å². The van der Waals surface area contributed by atoms with Crippen molar-refractivity contribution in [3.63, 3.8) is 0 Å². The Morgan fingerprint density at radius 3 is 3.18 bits per heavy atom. The third kappa shape index (κ3) is 4.65. The maximum absolute atomic E-state index is 11.6. The van der Waals surface area contributed by atoms with Gasteiger partial charge in [0.15, 0.2) is 0 Å². The van der Waals surface area contributed by atoms with E-state index < -0.39 is 0 Å². The number of amides is 1. The van der Waals surface area contributed by atoms with Crippen LogP contribution in [0.15, 0.2) is 20.9 Å².